The third-order valence-electron chi connectivity index (χ3n) is 4.74. The molecule has 0 fully saturated rings. The molecule has 0 heterocycles. The normalized spacial score (nSPS) is 13.7. The minimum atomic E-state index is -3.71. The molecule has 0 unspecified atom stereocenters. The summed E-state index contributed by atoms with van der Waals surface area (Å²) in [5, 5.41) is 3.46. The molecule has 0 aliphatic rings. The van der Waals surface area contributed by atoms with E-state index in [9.17, 15) is 8.42 Å². The second kappa shape index (κ2) is 10.1. The first-order valence-electron chi connectivity index (χ1n) is 9.54. The summed E-state index contributed by atoms with van der Waals surface area (Å²) in [5.74, 6) is 0.648. The van der Waals surface area contributed by atoms with Crippen LogP contribution < -0.4 is 10.0 Å². The standard InChI is InChI=1S/C23H26N2O2S2/c1-18-12-14-21(15-13-18)29(26,27)25-23(20-10-6-3-7-11-20)22(24-16-17-28)19-8-4-2-5-9-19/h2-15,22-25,28H,16-17H2,1H3/t22-,23+/m0/s1. The number of hydrogen-bond acceptors (Lipinski definition) is 4. The lowest BCUT2D eigenvalue weighted by Gasteiger charge is -2.30. The van der Waals surface area contributed by atoms with Crippen LogP contribution in [-0.4, -0.2) is 20.7 Å². The van der Waals surface area contributed by atoms with Gasteiger partial charge in [-0.1, -0.05) is 78.4 Å². The van der Waals surface area contributed by atoms with E-state index < -0.39 is 16.1 Å². The van der Waals surface area contributed by atoms with Gasteiger partial charge < -0.3 is 5.32 Å². The molecule has 3 rings (SSSR count). The van der Waals surface area contributed by atoms with Gasteiger partial charge in [0.25, 0.3) is 0 Å². The molecule has 0 aromatic heterocycles. The van der Waals surface area contributed by atoms with Crippen molar-refractivity contribution in [2.45, 2.75) is 23.9 Å². The molecule has 0 bridgehead atoms. The zero-order valence-electron chi connectivity index (χ0n) is 16.3. The molecule has 0 saturated carbocycles. The molecule has 2 N–H and O–H groups in total. The summed E-state index contributed by atoms with van der Waals surface area (Å²) in [6.07, 6.45) is 0. The van der Waals surface area contributed by atoms with E-state index in [-0.39, 0.29) is 10.9 Å². The first-order chi connectivity index (χ1) is 14.0. The average Bonchev–Trinajstić information content (AvgIpc) is 2.75. The van der Waals surface area contributed by atoms with Crippen LogP contribution in [0.4, 0.5) is 0 Å². The third kappa shape index (κ3) is 5.70. The zero-order chi connectivity index (χ0) is 20.7. The van der Waals surface area contributed by atoms with Crippen molar-refractivity contribution >= 4 is 22.7 Å². The van der Waals surface area contributed by atoms with Crippen molar-refractivity contribution in [2.75, 3.05) is 12.3 Å². The summed E-state index contributed by atoms with van der Waals surface area (Å²) in [4.78, 5) is 0.255. The highest BCUT2D eigenvalue weighted by Gasteiger charge is 2.29. The number of sulfonamides is 1. The van der Waals surface area contributed by atoms with Crippen molar-refractivity contribution in [3.05, 3.63) is 102 Å². The molecule has 3 aromatic rings. The van der Waals surface area contributed by atoms with Crippen molar-refractivity contribution in [2.24, 2.45) is 0 Å². The number of aryl methyl sites for hydroxylation is 1. The van der Waals surface area contributed by atoms with Gasteiger partial charge in [0.15, 0.2) is 0 Å². The van der Waals surface area contributed by atoms with E-state index >= 15 is 0 Å². The van der Waals surface area contributed by atoms with Gasteiger partial charge in [-0.2, -0.15) is 12.6 Å². The highest BCUT2D eigenvalue weighted by molar-refractivity contribution is 7.89. The van der Waals surface area contributed by atoms with Crippen molar-refractivity contribution in [1.29, 1.82) is 0 Å². The Balaban J connectivity index is 2.02. The Labute approximate surface area is 178 Å². The zero-order valence-corrected chi connectivity index (χ0v) is 18.0. The molecule has 152 valence electrons. The molecule has 29 heavy (non-hydrogen) atoms. The Hall–Kier alpha value is -2.12. The van der Waals surface area contributed by atoms with Gasteiger partial charge in [0.1, 0.15) is 0 Å². The first kappa shape index (κ1) is 21.6. The second-order valence-electron chi connectivity index (χ2n) is 6.89. The number of benzene rings is 3. The number of rotatable bonds is 9. The predicted octanol–water partition coefficient (Wildman–Crippen LogP) is 4.28. The Bertz CT molecular complexity index is 992. The van der Waals surface area contributed by atoms with E-state index in [2.05, 4.69) is 22.7 Å². The van der Waals surface area contributed by atoms with E-state index in [0.717, 1.165) is 16.7 Å². The minimum absolute atomic E-state index is 0.244. The van der Waals surface area contributed by atoms with Gasteiger partial charge in [0.2, 0.25) is 10.0 Å². The predicted molar refractivity (Wildman–Crippen MR) is 122 cm³/mol. The molecule has 0 aliphatic carbocycles. The van der Waals surface area contributed by atoms with Crippen LogP contribution >= 0.6 is 12.6 Å². The number of thiol groups is 1. The van der Waals surface area contributed by atoms with Crippen LogP contribution in [0.5, 0.6) is 0 Å². The molecule has 0 radical (unpaired) electrons. The summed E-state index contributed by atoms with van der Waals surface area (Å²) in [6.45, 7) is 2.58. The lowest BCUT2D eigenvalue weighted by Crippen LogP contribution is -2.39. The molecular formula is C23H26N2O2S2. The van der Waals surface area contributed by atoms with Gasteiger partial charge in [0, 0.05) is 12.3 Å². The maximum absolute atomic E-state index is 13.2. The van der Waals surface area contributed by atoms with Crippen molar-refractivity contribution in [1.82, 2.24) is 10.0 Å². The summed E-state index contributed by atoms with van der Waals surface area (Å²) in [5.41, 5.74) is 2.92. The third-order valence-corrected chi connectivity index (χ3v) is 6.42. The summed E-state index contributed by atoms with van der Waals surface area (Å²) in [6, 6.07) is 25.7. The van der Waals surface area contributed by atoms with E-state index in [0.29, 0.717) is 12.3 Å². The van der Waals surface area contributed by atoms with Crippen LogP contribution in [0, 0.1) is 6.92 Å². The van der Waals surface area contributed by atoms with Gasteiger partial charge in [-0.25, -0.2) is 13.1 Å². The Morgan fingerprint density at radius 1 is 0.793 bits per heavy atom. The molecule has 2 atom stereocenters. The topological polar surface area (TPSA) is 58.2 Å². The molecule has 0 spiro atoms. The van der Waals surface area contributed by atoms with E-state index in [4.69, 9.17) is 0 Å². The monoisotopic (exact) mass is 426 g/mol. The van der Waals surface area contributed by atoms with Crippen LogP contribution in [0.3, 0.4) is 0 Å². The van der Waals surface area contributed by atoms with Crippen LogP contribution in [0.15, 0.2) is 89.8 Å². The summed E-state index contributed by atoms with van der Waals surface area (Å²) < 4.78 is 29.3. The van der Waals surface area contributed by atoms with Crippen molar-refractivity contribution in [3.8, 4) is 0 Å². The maximum Gasteiger partial charge on any atom is 0.241 e. The van der Waals surface area contributed by atoms with E-state index in [1.807, 2.05) is 67.6 Å². The SMILES string of the molecule is Cc1ccc(S(=O)(=O)N[C@H](c2ccccc2)[C@@H](NCCS)c2ccccc2)cc1. The lowest BCUT2D eigenvalue weighted by molar-refractivity contribution is 0.433. The maximum atomic E-state index is 13.2. The van der Waals surface area contributed by atoms with Crippen LogP contribution in [0.25, 0.3) is 0 Å². The molecule has 0 aliphatic heterocycles. The fourth-order valence-electron chi connectivity index (χ4n) is 3.25. The van der Waals surface area contributed by atoms with Gasteiger partial charge in [-0.15, -0.1) is 0 Å². The van der Waals surface area contributed by atoms with Gasteiger partial charge in [0.05, 0.1) is 17.0 Å². The molecule has 3 aromatic carbocycles. The quantitative estimate of drug-likeness (QED) is 0.448. The van der Waals surface area contributed by atoms with Crippen molar-refractivity contribution < 1.29 is 8.42 Å². The smallest absolute Gasteiger partial charge is 0.241 e. The first-order valence-corrected chi connectivity index (χ1v) is 11.7. The Morgan fingerprint density at radius 3 is 1.83 bits per heavy atom. The largest absolute Gasteiger partial charge is 0.307 e. The average molecular weight is 427 g/mol. The Kier molecular flexibility index (Phi) is 7.50. The number of nitrogens with one attached hydrogen (secondary N) is 2. The summed E-state index contributed by atoms with van der Waals surface area (Å²) in [7, 11) is -3.71. The van der Waals surface area contributed by atoms with Crippen LogP contribution in [0.1, 0.15) is 28.8 Å². The fraction of sp³-hybridized carbons (Fsp3) is 0.217. The molecule has 0 saturated heterocycles. The Morgan fingerprint density at radius 2 is 1.31 bits per heavy atom. The molecule has 6 heteroatoms. The molecule has 0 amide bonds. The molecule has 4 nitrogen and oxygen atoms in total. The number of hydrogen-bond donors (Lipinski definition) is 3. The van der Waals surface area contributed by atoms with E-state index in [1.54, 1.807) is 24.3 Å². The van der Waals surface area contributed by atoms with Crippen LogP contribution in [-0.2, 0) is 10.0 Å². The van der Waals surface area contributed by atoms with Gasteiger partial charge >= 0.3 is 0 Å². The fourth-order valence-corrected chi connectivity index (χ4v) is 4.62. The highest BCUT2D eigenvalue weighted by Crippen LogP contribution is 2.30. The van der Waals surface area contributed by atoms with Crippen molar-refractivity contribution in [3.63, 3.8) is 0 Å². The minimum Gasteiger partial charge on any atom is -0.307 e. The van der Waals surface area contributed by atoms with Crippen LogP contribution in [0.2, 0.25) is 0 Å². The molecular weight excluding hydrogens is 400 g/mol. The van der Waals surface area contributed by atoms with Gasteiger partial charge in [-0.05, 0) is 30.2 Å². The highest BCUT2D eigenvalue weighted by atomic mass is 32.2. The van der Waals surface area contributed by atoms with Gasteiger partial charge in [-0.3, -0.25) is 0 Å². The lowest BCUT2D eigenvalue weighted by atomic mass is 9.94. The summed E-state index contributed by atoms with van der Waals surface area (Å²) >= 11 is 4.32. The van der Waals surface area contributed by atoms with E-state index in [1.165, 1.54) is 0 Å². The second-order valence-corrected chi connectivity index (χ2v) is 9.05.